The molecule has 1 atom stereocenters. The molecular formula is C31H45N3O2. The number of benzene rings is 2. The van der Waals surface area contributed by atoms with E-state index in [1.54, 1.807) is 7.11 Å². The van der Waals surface area contributed by atoms with Crippen LogP contribution in [0.3, 0.4) is 0 Å². The molecule has 196 valence electrons. The lowest BCUT2D eigenvalue weighted by Crippen LogP contribution is -2.56. The number of carbonyl (C=O) groups is 1. The molecule has 1 aliphatic carbocycles. The summed E-state index contributed by atoms with van der Waals surface area (Å²) in [5.41, 5.74) is 2.49. The van der Waals surface area contributed by atoms with Crippen molar-refractivity contribution in [3.63, 3.8) is 0 Å². The van der Waals surface area contributed by atoms with Gasteiger partial charge < -0.3 is 14.5 Å². The van der Waals surface area contributed by atoms with E-state index in [1.165, 1.54) is 24.8 Å². The maximum Gasteiger partial charge on any atom is 0.320 e. The van der Waals surface area contributed by atoms with Crippen molar-refractivity contribution in [3.05, 3.63) is 65.7 Å². The highest BCUT2D eigenvalue weighted by molar-refractivity contribution is 5.78. The molecular weight excluding hydrogens is 446 g/mol. The lowest BCUT2D eigenvalue weighted by Gasteiger charge is -2.51. The van der Waals surface area contributed by atoms with Crippen molar-refractivity contribution in [1.29, 1.82) is 0 Å². The Hall–Kier alpha value is -2.53. The van der Waals surface area contributed by atoms with E-state index in [4.69, 9.17) is 4.74 Å². The number of urea groups is 1. The fourth-order valence-electron chi connectivity index (χ4n) is 6.48. The van der Waals surface area contributed by atoms with Gasteiger partial charge in [0.05, 0.1) is 12.6 Å². The van der Waals surface area contributed by atoms with Crippen LogP contribution in [-0.2, 0) is 12.1 Å². The summed E-state index contributed by atoms with van der Waals surface area (Å²) in [6.45, 7) is 6.90. The number of hydrogen-bond acceptors (Lipinski definition) is 3. The topological polar surface area (TPSA) is 36.0 Å². The minimum atomic E-state index is -0.0850. The number of ether oxygens (including phenoxy) is 1. The second-order valence-electron chi connectivity index (χ2n) is 11.4. The molecule has 36 heavy (non-hydrogen) atoms. The lowest BCUT2D eigenvalue weighted by molar-refractivity contribution is 0.0203. The van der Waals surface area contributed by atoms with Gasteiger partial charge in [0.25, 0.3) is 0 Å². The van der Waals surface area contributed by atoms with Crippen LogP contribution in [0.5, 0.6) is 5.75 Å². The van der Waals surface area contributed by atoms with E-state index in [0.717, 1.165) is 50.1 Å². The molecule has 5 heteroatoms. The summed E-state index contributed by atoms with van der Waals surface area (Å²) < 4.78 is 5.33. The minimum Gasteiger partial charge on any atom is -0.497 e. The first-order valence-electron chi connectivity index (χ1n) is 13.8. The Morgan fingerprint density at radius 2 is 1.67 bits per heavy atom. The summed E-state index contributed by atoms with van der Waals surface area (Å²) in [6, 6.07) is 19.3. The van der Waals surface area contributed by atoms with Gasteiger partial charge >= 0.3 is 6.03 Å². The van der Waals surface area contributed by atoms with Gasteiger partial charge in [0.15, 0.2) is 0 Å². The molecule has 2 aliphatic rings. The van der Waals surface area contributed by atoms with E-state index in [-0.39, 0.29) is 17.1 Å². The van der Waals surface area contributed by atoms with Crippen LogP contribution in [0.15, 0.2) is 54.6 Å². The number of rotatable bonds is 10. The molecule has 0 N–H and O–H groups in total. The van der Waals surface area contributed by atoms with Crippen LogP contribution < -0.4 is 4.74 Å². The normalized spacial score (nSPS) is 25.1. The molecule has 2 fully saturated rings. The van der Waals surface area contributed by atoms with Crippen molar-refractivity contribution in [2.75, 3.05) is 34.3 Å². The molecule has 1 saturated heterocycles. The Labute approximate surface area is 218 Å². The van der Waals surface area contributed by atoms with E-state index in [0.29, 0.717) is 12.5 Å². The second kappa shape index (κ2) is 11.2. The molecule has 4 rings (SSSR count). The number of nitrogens with zero attached hydrogens (tertiary/aromatic N) is 3. The van der Waals surface area contributed by atoms with E-state index in [1.807, 2.05) is 12.1 Å². The van der Waals surface area contributed by atoms with Gasteiger partial charge in [0, 0.05) is 25.2 Å². The summed E-state index contributed by atoms with van der Waals surface area (Å²) in [4.78, 5) is 20.7. The number of carbonyl (C=O) groups excluding carboxylic acids is 1. The summed E-state index contributed by atoms with van der Waals surface area (Å²) >= 11 is 0. The van der Waals surface area contributed by atoms with E-state index in [9.17, 15) is 4.79 Å². The molecule has 0 radical (unpaired) electrons. The first kappa shape index (κ1) is 26.5. The third kappa shape index (κ3) is 5.27. The van der Waals surface area contributed by atoms with Gasteiger partial charge in [-0.15, -0.1) is 0 Å². The zero-order valence-corrected chi connectivity index (χ0v) is 23.0. The van der Waals surface area contributed by atoms with Gasteiger partial charge in [0.1, 0.15) is 5.75 Å². The molecule has 1 aliphatic heterocycles. The van der Waals surface area contributed by atoms with Gasteiger partial charge in [-0.05, 0) is 75.4 Å². The van der Waals surface area contributed by atoms with Crippen LogP contribution in [-0.4, -0.2) is 60.6 Å². The molecule has 0 bridgehead atoms. The molecule has 2 aromatic rings. The Kier molecular flexibility index (Phi) is 8.29. The largest absolute Gasteiger partial charge is 0.497 e. The third-order valence-corrected chi connectivity index (χ3v) is 8.81. The molecule has 1 saturated carbocycles. The van der Waals surface area contributed by atoms with Crippen LogP contribution in [0.25, 0.3) is 0 Å². The Bertz CT molecular complexity index is 981. The van der Waals surface area contributed by atoms with Gasteiger partial charge in [-0.2, -0.15) is 0 Å². The summed E-state index contributed by atoms with van der Waals surface area (Å²) in [6.07, 6.45) is 7.80. The highest BCUT2D eigenvalue weighted by Crippen LogP contribution is 2.49. The first-order valence-corrected chi connectivity index (χ1v) is 13.8. The van der Waals surface area contributed by atoms with Crippen LogP contribution in [0.2, 0.25) is 0 Å². The smallest absolute Gasteiger partial charge is 0.320 e. The standard InChI is InChI=1S/C31H45N3O2/c1-6-7-11-25(2)22-34-29(35)33(23-26-14-16-28(36-5)17-15-26)24-30(34)18-20-31(21-19-30,32(3)4)27-12-9-8-10-13-27/h8-10,12-17,25H,6-7,11,18-24H2,1-5H3. The average Bonchev–Trinajstić information content (AvgIpc) is 3.14. The highest BCUT2D eigenvalue weighted by Gasteiger charge is 2.54. The fourth-order valence-corrected chi connectivity index (χ4v) is 6.48. The third-order valence-electron chi connectivity index (χ3n) is 8.81. The zero-order chi connectivity index (χ0) is 25.8. The van der Waals surface area contributed by atoms with Crippen LogP contribution >= 0.6 is 0 Å². The number of methoxy groups -OCH3 is 1. The maximum absolute atomic E-state index is 13.9. The predicted molar refractivity (Wildman–Crippen MR) is 147 cm³/mol. The Morgan fingerprint density at radius 3 is 2.25 bits per heavy atom. The Morgan fingerprint density at radius 1 is 1.00 bits per heavy atom. The second-order valence-corrected chi connectivity index (χ2v) is 11.4. The fraction of sp³-hybridized carbons (Fsp3) is 0.581. The highest BCUT2D eigenvalue weighted by atomic mass is 16.5. The minimum absolute atomic E-state index is 0.0262. The SMILES string of the molecule is CCCCC(C)CN1C(=O)N(Cc2ccc(OC)cc2)CC12CCC(c1ccccc1)(N(C)C)CC2. The first-order chi connectivity index (χ1) is 17.3. The van der Waals surface area contributed by atoms with E-state index >= 15 is 0 Å². The summed E-state index contributed by atoms with van der Waals surface area (Å²) in [5, 5.41) is 0. The summed E-state index contributed by atoms with van der Waals surface area (Å²) in [7, 11) is 6.11. The van der Waals surface area contributed by atoms with Crippen molar-refractivity contribution in [3.8, 4) is 5.75 Å². The van der Waals surface area contributed by atoms with Gasteiger partial charge in [-0.3, -0.25) is 4.90 Å². The molecule has 1 unspecified atom stereocenters. The number of unbranched alkanes of at least 4 members (excludes halogenated alkanes) is 1. The van der Waals surface area contributed by atoms with Crippen LogP contribution in [0.4, 0.5) is 4.79 Å². The van der Waals surface area contributed by atoms with Crippen molar-refractivity contribution >= 4 is 6.03 Å². The predicted octanol–water partition coefficient (Wildman–Crippen LogP) is 6.53. The molecule has 0 aromatic heterocycles. The van der Waals surface area contributed by atoms with Gasteiger partial charge in [-0.25, -0.2) is 4.79 Å². The van der Waals surface area contributed by atoms with Crippen molar-refractivity contribution < 1.29 is 9.53 Å². The lowest BCUT2D eigenvalue weighted by atomic mass is 9.68. The maximum atomic E-state index is 13.9. The van der Waals surface area contributed by atoms with Crippen molar-refractivity contribution in [2.45, 2.75) is 76.4 Å². The van der Waals surface area contributed by atoms with Gasteiger partial charge in [-0.1, -0.05) is 69.2 Å². The average molecular weight is 492 g/mol. The van der Waals surface area contributed by atoms with Crippen LogP contribution in [0, 0.1) is 5.92 Å². The van der Waals surface area contributed by atoms with Crippen molar-refractivity contribution in [2.24, 2.45) is 5.92 Å². The monoisotopic (exact) mass is 491 g/mol. The van der Waals surface area contributed by atoms with Crippen LogP contribution in [0.1, 0.15) is 69.9 Å². The Balaban J connectivity index is 1.58. The van der Waals surface area contributed by atoms with Crippen molar-refractivity contribution in [1.82, 2.24) is 14.7 Å². The van der Waals surface area contributed by atoms with Gasteiger partial charge in [0.2, 0.25) is 0 Å². The number of hydrogen-bond donors (Lipinski definition) is 0. The van der Waals surface area contributed by atoms with E-state index < -0.39 is 0 Å². The molecule has 1 spiro atoms. The quantitative estimate of drug-likeness (QED) is 0.379. The summed E-state index contributed by atoms with van der Waals surface area (Å²) in [5.74, 6) is 1.36. The van der Waals surface area contributed by atoms with E-state index in [2.05, 4.69) is 85.1 Å². The molecule has 2 aromatic carbocycles. The molecule has 1 heterocycles. The zero-order valence-electron chi connectivity index (χ0n) is 23.0. The molecule has 5 nitrogen and oxygen atoms in total. The number of amides is 2. The molecule has 2 amide bonds.